The Labute approximate surface area is 112 Å². The van der Waals surface area contributed by atoms with Crippen molar-refractivity contribution < 1.29 is 33.6 Å². The molecule has 112 valence electrons. The van der Waals surface area contributed by atoms with Gasteiger partial charge in [0, 0.05) is 0 Å². The quantitative estimate of drug-likeness (QED) is 0.713. The van der Waals surface area contributed by atoms with Gasteiger partial charge in [0.15, 0.2) is 0 Å². The van der Waals surface area contributed by atoms with Gasteiger partial charge in [-0.2, -0.15) is 0 Å². The molecule has 7 nitrogen and oxygen atoms in total. The normalized spacial score (nSPS) is 20.3. The summed E-state index contributed by atoms with van der Waals surface area (Å²) in [5.74, 6) is 0. The first kappa shape index (κ1) is 17.5. The minimum atomic E-state index is -0.894. The number of cyclic esters (lactones) is 2. The average molecular weight is 277 g/mol. The lowest BCUT2D eigenvalue weighted by atomic mass is 10.3. The monoisotopic (exact) mass is 277 g/mol. The number of hydrogen-bond acceptors (Lipinski definition) is 7. The van der Waals surface area contributed by atoms with E-state index in [2.05, 4.69) is 14.2 Å². The third kappa shape index (κ3) is 10.1. The van der Waals surface area contributed by atoms with Crippen LogP contribution in [-0.2, 0) is 18.9 Å². The maximum atomic E-state index is 10.7. The molecule has 0 radical (unpaired) electrons. The molecule has 1 aliphatic rings. The molecule has 0 N–H and O–H groups in total. The fraction of sp³-hybridized carbons (Fsp3) is 0.833. The second-order valence-electron chi connectivity index (χ2n) is 4.20. The first-order chi connectivity index (χ1) is 8.85. The van der Waals surface area contributed by atoms with Crippen molar-refractivity contribution in [1.29, 1.82) is 0 Å². The number of hydrogen-bond donors (Lipinski definition) is 0. The van der Waals surface area contributed by atoms with E-state index in [4.69, 9.17) is 4.74 Å². The standard InChI is InChI=1S/C8H15O4.C4H6O3/c1-4-7(3)12-8(10)11-5-6(2)9;1-3-2-6-4(5)7-3/h6-7H,4-5H2,1-3H3;3H,2H2,1H3/q-1;. The predicted molar refractivity (Wildman–Crippen MR) is 63.5 cm³/mol. The largest absolute Gasteiger partial charge is 0.850 e. The summed E-state index contributed by atoms with van der Waals surface area (Å²) in [7, 11) is 0. The Morgan fingerprint density at radius 3 is 2.47 bits per heavy atom. The summed E-state index contributed by atoms with van der Waals surface area (Å²) in [5.41, 5.74) is 0. The maximum absolute atomic E-state index is 10.7. The molecule has 0 aromatic rings. The summed E-state index contributed by atoms with van der Waals surface area (Å²) in [4.78, 5) is 20.7. The van der Waals surface area contributed by atoms with E-state index in [-0.39, 0.29) is 18.8 Å². The highest BCUT2D eigenvalue weighted by Gasteiger charge is 2.19. The van der Waals surface area contributed by atoms with Crippen LogP contribution in [0.3, 0.4) is 0 Å². The van der Waals surface area contributed by atoms with Gasteiger partial charge in [-0.25, -0.2) is 9.59 Å². The third-order valence-corrected chi connectivity index (χ3v) is 2.04. The molecule has 3 unspecified atom stereocenters. The predicted octanol–water partition coefficient (Wildman–Crippen LogP) is 1.23. The average Bonchev–Trinajstić information content (AvgIpc) is 2.71. The minimum Gasteiger partial charge on any atom is -0.850 e. The lowest BCUT2D eigenvalue weighted by molar-refractivity contribution is -0.419. The zero-order valence-corrected chi connectivity index (χ0v) is 11.7. The summed E-state index contributed by atoms with van der Waals surface area (Å²) in [6.45, 7) is 7.14. The van der Waals surface area contributed by atoms with Crippen LogP contribution in [0.4, 0.5) is 9.59 Å². The molecule has 7 heteroatoms. The van der Waals surface area contributed by atoms with Crippen molar-refractivity contribution in [2.75, 3.05) is 13.2 Å². The SMILES string of the molecule is CC1COC(=O)O1.CCC(C)OC(=O)OCC(C)[O-]. The Balaban J connectivity index is 0.000000388. The first-order valence-electron chi connectivity index (χ1n) is 6.17. The van der Waals surface area contributed by atoms with Crippen LogP contribution in [0, 0.1) is 0 Å². The van der Waals surface area contributed by atoms with Gasteiger partial charge < -0.3 is 24.1 Å². The third-order valence-electron chi connectivity index (χ3n) is 2.04. The highest BCUT2D eigenvalue weighted by Crippen LogP contribution is 2.03. The van der Waals surface area contributed by atoms with E-state index in [0.29, 0.717) is 6.61 Å². The minimum absolute atomic E-state index is 0.0486. The van der Waals surface area contributed by atoms with Crippen LogP contribution in [0.15, 0.2) is 0 Å². The second kappa shape index (κ2) is 9.43. The summed E-state index contributed by atoms with van der Waals surface area (Å²) in [5, 5.41) is 10.5. The summed E-state index contributed by atoms with van der Waals surface area (Å²) in [6, 6.07) is 0. The lowest BCUT2D eigenvalue weighted by Crippen LogP contribution is -2.29. The Bertz CT molecular complexity index is 277. The van der Waals surface area contributed by atoms with E-state index in [9.17, 15) is 14.7 Å². The smallest absolute Gasteiger partial charge is 0.508 e. The molecule has 19 heavy (non-hydrogen) atoms. The molecule has 0 saturated carbocycles. The molecular weight excluding hydrogens is 256 g/mol. The first-order valence-corrected chi connectivity index (χ1v) is 6.17. The van der Waals surface area contributed by atoms with Crippen molar-refractivity contribution in [2.45, 2.75) is 52.4 Å². The van der Waals surface area contributed by atoms with Crippen molar-refractivity contribution in [2.24, 2.45) is 0 Å². The van der Waals surface area contributed by atoms with Gasteiger partial charge >= 0.3 is 12.3 Å². The zero-order chi connectivity index (χ0) is 14.8. The highest BCUT2D eigenvalue weighted by atomic mass is 16.8. The molecule has 1 aliphatic heterocycles. The molecule has 1 saturated heterocycles. The van der Waals surface area contributed by atoms with Gasteiger partial charge in [0.25, 0.3) is 0 Å². The van der Waals surface area contributed by atoms with Crippen molar-refractivity contribution in [1.82, 2.24) is 0 Å². The number of carbonyl (C=O) groups excluding carboxylic acids is 2. The van der Waals surface area contributed by atoms with E-state index in [1.54, 1.807) is 13.8 Å². The molecule has 0 bridgehead atoms. The topological polar surface area (TPSA) is 94.1 Å². The Morgan fingerprint density at radius 2 is 2.16 bits per heavy atom. The fourth-order valence-electron chi connectivity index (χ4n) is 0.885. The van der Waals surface area contributed by atoms with Crippen LogP contribution >= 0.6 is 0 Å². The molecule has 3 atom stereocenters. The molecule has 0 aromatic carbocycles. The molecule has 1 fully saturated rings. The summed E-state index contributed by atoms with van der Waals surface area (Å²) < 4.78 is 18.2. The van der Waals surface area contributed by atoms with E-state index < -0.39 is 18.4 Å². The summed E-state index contributed by atoms with van der Waals surface area (Å²) >= 11 is 0. The molecule has 0 aliphatic carbocycles. The number of rotatable bonds is 4. The van der Waals surface area contributed by atoms with Crippen molar-refractivity contribution in [3.63, 3.8) is 0 Å². The second-order valence-corrected chi connectivity index (χ2v) is 4.20. The van der Waals surface area contributed by atoms with Gasteiger partial charge in [0.2, 0.25) is 0 Å². The van der Waals surface area contributed by atoms with Crippen LogP contribution in [-0.4, -0.2) is 43.8 Å². The van der Waals surface area contributed by atoms with E-state index in [1.807, 2.05) is 6.92 Å². The van der Waals surface area contributed by atoms with Gasteiger partial charge in [-0.3, -0.25) is 0 Å². The van der Waals surface area contributed by atoms with Crippen LogP contribution in [0.1, 0.15) is 34.1 Å². The van der Waals surface area contributed by atoms with Crippen LogP contribution in [0.25, 0.3) is 0 Å². The van der Waals surface area contributed by atoms with Gasteiger partial charge in [-0.15, -0.1) is 0 Å². The van der Waals surface area contributed by atoms with Crippen LogP contribution in [0.5, 0.6) is 0 Å². The number of ether oxygens (including phenoxy) is 4. The fourth-order valence-corrected chi connectivity index (χ4v) is 0.885. The van der Waals surface area contributed by atoms with E-state index in [0.717, 1.165) is 6.42 Å². The van der Waals surface area contributed by atoms with Gasteiger partial charge in [0.1, 0.15) is 18.8 Å². The number of carbonyl (C=O) groups is 2. The van der Waals surface area contributed by atoms with Crippen molar-refractivity contribution in [3.8, 4) is 0 Å². The van der Waals surface area contributed by atoms with E-state index >= 15 is 0 Å². The van der Waals surface area contributed by atoms with Gasteiger partial charge in [0.05, 0.1) is 6.61 Å². The molecule has 0 spiro atoms. The lowest BCUT2D eigenvalue weighted by Gasteiger charge is -2.16. The highest BCUT2D eigenvalue weighted by molar-refractivity contribution is 5.61. The molecule has 1 heterocycles. The van der Waals surface area contributed by atoms with E-state index in [1.165, 1.54) is 6.92 Å². The van der Waals surface area contributed by atoms with Crippen molar-refractivity contribution >= 4 is 12.3 Å². The van der Waals surface area contributed by atoms with Gasteiger partial charge in [-0.1, -0.05) is 20.0 Å². The molecular formula is C12H21O7-. The molecule has 0 amide bonds. The molecule has 0 aromatic heterocycles. The van der Waals surface area contributed by atoms with Crippen molar-refractivity contribution in [3.05, 3.63) is 0 Å². The Hall–Kier alpha value is -1.50. The zero-order valence-electron chi connectivity index (χ0n) is 11.7. The van der Waals surface area contributed by atoms with Crippen LogP contribution in [0.2, 0.25) is 0 Å². The maximum Gasteiger partial charge on any atom is 0.508 e. The Kier molecular flexibility index (Phi) is 8.69. The Morgan fingerprint density at radius 1 is 1.53 bits per heavy atom. The molecule has 1 rings (SSSR count). The van der Waals surface area contributed by atoms with Crippen LogP contribution < -0.4 is 5.11 Å². The van der Waals surface area contributed by atoms with Gasteiger partial charge in [-0.05, 0) is 20.3 Å². The summed E-state index contributed by atoms with van der Waals surface area (Å²) in [6.07, 6.45) is -1.66.